The molecule has 0 N–H and O–H groups in total. The molecule has 0 spiro atoms. The van der Waals surface area contributed by atoms with Crippen molar-refractivity contribution in [3.8, 4) is 0 Å². The molecule has 7 nitrogen and oxygen atoms in total. The van der Waals surface area contributed by atoms with E-state index in [0.29, 0.717) is 13.1 Å². The molecule has 0 heterocycles. The summed E-state index contributed by atoms with van der Waals surface area (Å²) in [7, 11) is 0. The molecule has 0 saturated carbocycles. The monoisotopic (exact) mass is 289 g/mol. The molecule has 1 rings (SSSR count). The van der Waals surface area contributed by atoms with E-state index in [1.807, 2.05) is 4.90 Å². The smallest absolute Gasteiger partial charge is 0.353 e. The number of nitro benzene ring substituents is 2. The second-order valence-corrected chi connectivity index (χ2v) is 4.08. The van der Waals surface area contributed by atoms with Crippen LogP contribution >= 0.6 is 0 Å². The van der Waals surface area contributed by atoms with Crippen molar-refractivity contribution >= 4 is 17.5 Å². The molecule has 7 heteroatoms. The molecule has 0 aromatic heterocycles. The summed E-state index contributed by atoms with van der Waals surface area (Å²) in [5, 5.41) is 21.9. The molecule has 0 amide bonds. The van der Waals surface area contributed by atoms with Crippen molar-refractivity contribution in [1.29, 1.82) is 0 Å². The van der Waals surface area contributed by atoms with Gasteiger partial charge in [0, 0.05) is 25.4 Å². The fraction of sp³-hybridized carbons (Fsp3) is 0.143. The minimum Gasteiger partial charge on any atom is -0.370 e. The standard InChI is InChI=1S/C14H15N3O4/c1-3-9-15(10-4-2)11-8-12-6-5-7-13(16(18)19)14(12)17(20)21/h3-8,11H,1-2,9-10H2/b11-8+. The van der Waals surface area contributed by atoms with E-state index < -0.39 is 21.2 Å². The van der Waals surface area contributed by atoms with Crippen LogP contribution in [0.4, 0.5) is 11.4 Å². The van der Waals surface area contributed by atoms with Crippen molar-refractivity contribution in [2.45, 2.75) is 0 Å². The Hall–Kier alpha value is -2.96. The highest BCUT2D eigenvalue weighted by atomic mass is 16.6. The highest BCUT2D eigenvalue weighted by Crippen LogP contribution is 2.31. The molecule has 0 aliphatic carbocycles. The van der Waals surface area contributed by atoms with Gasteiger partial charge in [-0.15, -0.1) is 13.2 Å². The highest BCUT2D eigenvalue weighted by molar-refractivity contribution is 5.69. The molecule has 0 aliphatic heterocycles. The fourth-order valence-electron chi connectivity index (χ4n) is 1.74. The Morgan fingerprint density at radius 3 is 2.19 bits per heavy atom. The second kappa shape index (κ2) is 7.59. The molecule has 0 radical (unpaired) electrons. The van der Waals surface area contributed by atoms with E-state index in [4.69, 9.17) is 0 Å². The van der Waals surface area contributed by atoms with Crippen LogP contribution in [0.5, 0.6) is 0 Å². The van der Waals surface area contributed by atoms with Gasteiger partial charge in [-0.1, -0.05) is 18.2 Å². The van der Waals surface area contributed by atoms with Crippen LogP contribution in [0.1, 0.15) is 5.56 Å². The van der Waals surface area contributed by atoms with Gasteiger partial charge in [-0.2, -0.15) is 0 Å². The molecule has 1 aromatic carbocycles. The first-order valence-electron chi connectivity index (χ1n) is 6.07. The number of hydrogen-bond donors (Lipinski definition) is 0. The lowest BCUT2D eigenvalue weighted by Gasteiger charge is -2.15. The number of para-hydroxylation sites is 1. The van der Waals surface area contributed by atoms with Crippen molar-refractivity contribution in [2.75, 3.05) is 13.1 Å². The molecule has 21 heavy (non-hydrogen) atoms. The lowest BCUT2D eigenvalue weighted by Crippen LogP contribution is -2.16. The fourth-order valence-corrected chi connectivity index (χ4v) is 1.74. The summed E-state index contributed by atoms with van der Waals surface area (Å²) in [4.78, 5) is 22.2. The molecular weight excluding hydrogens is 274 g/mol. The van der Waals surface area contributed by atoms with Gasteiger partial charge in [0.15, 0.2) is 0 Å². The largest absolute Gasteiger partial charge is 0.370 e. The number of benzene rings is 1. The molecule has 0 bridgehead atoms. The SMILES string of the molecule is C=CCN(/C=C/c1cccc([N+](=O)[O-])c1[N+](=O)[O-])CC=C. The zero-order valence-electron chi connectivity index (χ0n) is 11.3. The first-order valence-corrected chi connectivity index (χ1v) is 6.07. The molecule has 110 valence electrons. The van der Waals surface area contributed by atoms with Crippen LogP contribution in [0.2, 0.25) is 0 Å². The van der Waals surface area contributed by atoms with Gasteiger partial charge in [0.2, 0.25) is 0 Å². The van der Waals surface area contributed by atoms with Crippen molar-refractivity contribution in [1.82, 2.24) is 4.90 Å². The van der Waals surface area contributed by atoms with Crippen LogP contribution in [0.3, 0.4) is 0 Å². The summed E-state index contributed by atoms with van der Waals surface area (Å²) in [6.45, 7) is 8.29. The Bertz CT molecular complexity index is 586. The van der Waals surface area contributed by atoms with Gasteiger partial charge in [-0.25, -0.2) is 0 Å². The molecular formula is C14H15N3O4. The molecule has 0 unspecified atom stereocenters. The van der Waals surface area contributed by atoms with E-state index in [9.17, 15) is 20.2 Å². The maximum absolute atomic E-state index is 11.1. The first kappa shape index (κ1) is 16.1. The van der Waals surface area contributed by atoms with Gasteiger partial charge in [-0.3, -0.25) is 20.2 Å². The summed E-state index contributed by atoms with van der Waals surface area (Å²) in [6.07, 6.45) is 6.44. The summed E-state index contributed by atoms with van der Waals surface area (Å²) in [5.41, 5.74) is -0.871. The van der Waals surface area contributed by atoms with Crippen molar-refractivity contribution in [3.05, 3.63) is 75.5 Å². The Kier molecular flexibility index (Phi) is 5.81. The van der Waals surface area contributed by atoms with Gasteiger partial charge in [0.05, 0.1) is 15.4 Å². The molecule has 0 saturated heterocycles. The van der Waals surface area contributed by atoms with E-state index >= 15 is 0 Å². The summed E-state index contributed by atoms with van der Waals surface area (Å²) in [6, 6.07) is 3.98. The second-order valence-electron chi connectivity index (χ2n) is 4.08. The summed E-state index contributed by atoms with van der Waals surface area (Å²) in [5.74, 6) is 0. The Morgan fingerprint density at radius 2 is 1.71 bits per heavy atom. The maximum atomic E-state index is 11.1. The van der Waals surface area contributed by atoms with Crippen LogP contribution in [0.25, 0.3) is 6.08 Å². The van der Waals surface area contributed by atoms with Crippen molar-refractivity contribution in [2.24, 2.45) is 0 Å². The highest BCUT2D eigenvalue weighted by Gasteiger charge is 2.26. The zero-order valence-corrected chi connectivity index (χ0v) is 11.3. The minimum atomic E-state index is -0.763. The molecule has 0 aliphatic rings. The predicted molar refractivity (Wildman–Crippen MR) is 80.8 cm³/mol. The van der Waals surface area contributed by atoms with Gasteiger partial charge < -0.3 is 4.90 Å². The third-order valence-corrected chi connectivity index (χ3v) is 2.62. The zero-order chi connectivity index (χ0) is 15.8. The number of nitrogens with zero attached hydrogens (tertiary/aromatic N) is 3. The lowest BCUT2D eigenvalue weighted by atomic mass is 10.1. The van der Waals surface area contributed by atoms with Gasteiger partial charge in [0.25, 0.3) is 0 Å². The quantitative estimate of drug-likeness (QED) is 0.416. The summed E-state index contributed by atoms with van der Waals surface area (Å²) < 4.78 is 0. The van der Waals surface area contributed by atoms with E-state index in [1.165, 1.54) is 18.2 Å². The normalized spacial score (nSPS) is 10.3. The molecule has 0 atom stereocenters. The number of nitro groups is 2. The molecule has 0 fully saturated rings. The number of rotatable bonds is 8. The third-order valence-electron chi connectivity index (χ3n) is 2.62. The van der Waals surface area contributed by atoms with E-state index in [0.717, 1.165) is 6.07 Å². The topological polar surface area (TPSA) is 89.5 Å². The average Bonchev–Trinajstić information content (AvgIpc) is 2.44. The average molecular weight is 289 g/mol. The van der Waals surface area contributed by atoms with Crippen molar-refractivity contribution < 1.29 is 9.85 Å². The number of hydrogen-bond acceptors (Lipinski definition) is 5. The molecule has 1 aromatic rings. The van der Waals surface area contributed by atoms with Crippen molar-refractivity contribution in [3.63, 3.8) is 0 Å². The Balaban J connectivity index is 3.20. The van der Waals surface area contributed by atoms with Crippen LogP contribution in [-0.4, -0.2) is 27.8 Å². The predicted octanol–water partition coefficient (Wildman–Crippen LogP) is 3.15. The summed E-state index contributed by atoms with van der Waals surface area (Å²) >= 11 is 0. The van der Waals surface area contributed by atoms with Gasteiger partial charge >= 0.3 is 11.4 Å². The lowest BCUT2D eigenvalue weighted by molar-refractivity contribution is -0.422. The minimum absolute atomic E-state index is 0.173. The Labute approximate surface area is 121 Å². The van der Waals surface area contributed by atoms with Crippen LogP contribution in [0.15, 0.2) is 49.7 Å². The Morgan fingerprint density at radius 1 is 1.10 bits per heavy atom. The van der Waals surface area contributed by atoms with Crippen LogP contribution in [-0.2, 0) is 0 Å². The van der Waals surface area contributed by atoms with Gasteiger partial charge in [0.1, 0.15) is 0 Å². The van der Waals surface area contributed by atoms with E-state index in [-0.39, 0.29) is 5.56 Å². The first-order chi connectivity index (χ1) is 10.0. The maximum Gasteiger partial charge on any atom is 0.353 e. The van der Waals surface area contributed by atoms with E-state index in [1.54, 1.807) is 18.4 Å². The van der Waals surface area contributed by atoms with Crippen LogP contribution < -0.4 is 0 Å². The van der Waals surface area contributed by atoms with Gasteiger partial charge in [-0.05, 0) is 12.1 Å². The van der Waals surface area contributed by atoms with E-state index in [2.05, 4.69) is 13.2 Å². The third kappa shape index (κ3) is 4.27. The van der Waals surface area contributed by atoms with Crippen LogP contribution in [0, 0.1) is 20.2 Å².